The summed E-state index contributed by atoms with van der Waals surface area (Å²) in [6.45, 7) is 7.97. The fourth-order valence-electron chi connectivity index (χ4n) is 4.34. The van der Waals surface area contributed by atoms with Crippen molar-refractivity contribution in [3.63, 3.8) is 0 Å². The fourth-order valence-corrected chi connectivity index (χ4v) is 4.34. The quantitative estimate of drug-likeness (QED) is 0.427. The van der Waals surface area contributed by atoms with Crippen LogP contribution in [0.25, 0.3) is 5.69 Å². The van der Waals surface area contributed by atoms with Crippen molar-refractivity contribution in [2.45, 2.75) is 66.2 Å². The van der Waals surface area contributed by atoms with E-state index >= 15 is 0 Å². The van der Waals surface area contributed by atoms with Gasteiger partial charge >= 0.3 is 5.97 Å². The molecule has 2 aromatic rings. The van der Waals surface area contributed by atoms with E-state index < -0.39 is 5.91 Å². The van der Waals surface area contributed by atoms with Gasteiger partial charge in [0.15, 0.2) is 5.78 Å². The van der Waals surface area contributed by atoms with E-state index in [-0.39, 0.29) is 47.2 Å². The number of anilines is 1. The maximum absolute atomic E-state index is 12.7. The minimum atomic E-state index is -0.667. The number of nitrogens with one attached hydrogen (secondary N) is 1. The number of Topliss-reactive ketones (excluding diaryl/α,β-unsaturated/α-hetero) is 1. The van der Waals surface area contributed by atoms with Crippen LogP contribution in [0.15, 0.2) is 18.2 Å². The van der Waals surface area contributed by atoms with Crippen LogP contribution in [0.1, 0.15) is 85.0 Å². The van der Waals surface area contributed by atoms with Crippen molar-refractivity contribution in [2.75, 3.05) is 11.9 Å². The number of aryl methyl sites for hydroxylation is 1. The lowest BCUT2D eigenvalue weighted by Crippen LogP contribution is -2.28. The normalized spacial score (nSPS) is 14.4. The summed E-state index contributed by atoms with van der Waals surface area (Å²) < 4.78 is 6.59. The second-order valence-corrected chi connectivity index (χ2v) is 9.41. The van der Waals surface area contributed by atoms with E-state index in [1.165, 1.54) is 0 Å². The lowest BCUT2D eigenvalue weighted by Gasteiger charge is -2.29. The van der Waals surface area contributed by atoms with Gasteiger partial charge in [0.25, 0.3) is 5.91 Å². The predicted molar refractivity (Wildman–Crippen MR) is 127 cm³/mol. The summed E-state index contributed by atoms with van der Waals surface area (Å²) in [7, 11) is 0. The molecule has 0 bridgehead atoms. The van der Waals surface area contributed by atoms with Crippen molar-refractivity contribution < 1.29 is 23.9 Å². The largest absolute Gasteiger partial charge is 0.466 e. The third-order valence-corrected chi connectivity index (χ3v) is 5.85. The predicted octanol–water partition coefficient (Wildman–Crippen LogP) is 3.50. The summed E-state index contributed by atoms with van der Waals surface area (Å²) in [6, 6.07) is 4.90. The topological polar surface area (TPSA) is 133 Å². The van der Waals surface area contributed by atoms with Crippen molar-refractivity contribution in [1.82, 2.24) is 9.78 Å². The summed E-state index contributed by atoms with van der Waals surface area (Å²) in [5.41, 5.74) is 8.53. The van der Waals surface area contributed by atoms with Crippen LogP contribution in [0.2, 0.25) is 0 Å². The average Bonchev–Trinajstić information content (AvgIpc) is 3.06. The number of carbonyl (C=O) groups is 4. The molecule has 0 saturated heterocycles. The van der Waals surface area contributed by atoms with Gasteiger partial charge < -0.3 is 15.8 Å². The summed E-state index contributed by atoms with van der Waals surface area (Å²) in [6.07, 6.45) is 2.60. The fraction of sp³-hybridized carbons (Fsp3) is 0.480. The van der Waals surface area contributed by atoms with Crippen LogP contribution >= 0.6 is 0 Å². The monoisotopic (exact) mass is 468 g/mol. The van der Waals surface area contributed by atoms with Crippen LogP contribution in [0, 0.1) is 12.3 Å². The third kappa shape index (κ3) is 5.70. The summed E-state index contributed by atoms with van der Waals surface area (Å²) in [5.74, 6) is -1.18. The minimum absolute atomic E-state index is 0.0695. The van der Waals surface area contributed by atoms with Crippen molar-refractivity contribution in [3.05, 3.63) is 40.7 Å². The van der Waals surface area contributed by atoms with Gasteiger partial charge in [-0.1, -0.05) is 13.8 Å². The molecule has 0 unspecified atom stereocenters. The number of ketones is 1. The van der Waals surface area contributed by atoms with Crippen LogP contribution in [0.5, 0.6) is 0 Å². The minimum Gasteiger partial charge on any atom is -0.466 e. The van der Waals surface area contributed by atoms with Crippen LogP contribution < -0.4 is 11.1 Å². The molecule has 0 atom stereocenters. The number of hydrogen-bond acceptors (Lipinski definition) is 6. The van der Waals surface area contributed by atoms with Gasteiger partial charge in [0.2, 0.25) is 5.91 Å². The Balaban J connectivity index is 1.82. The summed E-state index contributed by atoms with van der Waals surface area (Å²) in [5, 5.41) is 7.35. The number of rotatable bonds is 9. The Morgan fingerprint density at radius 1 is 1.18 bits per heavy atom. The zero-order valence-corrected chi connectivity index (χ0v) is 20.2. The van der Waals surface area contributed by atoms with Gasteiger partial charge in [0.05, 0.1) is 40.5 Å². The van der Waals surface area contributed by atoms with E-state index in [0.717, 1.165) is 5.69 Å². The van der Waals surface area contributed by atoms with Crippen molar-refractivity contribution >= 4 is 29.3 Å². The summed E-state index contributed by atoms with van der Waals surface area (Å²) >= 11 is 0. The number of esters is 1. The molecule has 2 amide bonds. The first-order valence-corrected chi connectivity index (χ1v) is 11.5. The second kappa shape index (κ2) is 10.2. The highest BCUT2D eigenvalue weighted by atomic mass is 16.5. The number of hydrogen-bond donors (Lipinski definition) is 2. The van der Waals surface area contributed by atoms with Crippen LogP contribution in [0.3, 0.4) is 0 Å². The number of carbonyl (C=O) groups excluding carboxylic acids is 4. The van der Waals surface area contributed by atoms with E-state index in [1.54, 1.807) is 29.8 Å². The first kappa shape index (κ1) is 25.1. The number of unbranched alkanes of at least 4 members (excludes halogenated alkanes) is 1. The molecule has 0 saturated carbocycles. The molecule has 3 rings (SSSR count). The number of ether oxygens (including phenoxy) is 1. The third-order valence-electron chi connectivity index (χ3n) is 5.85. The van der Waals surface area contributed by atoms with Crippen LogP contribution in [-0.4, -0.2) is 40.0 Å². The summed E-state index contributed by atoms with van der Waals surface area (Å²) in [4.78, 5) is 48.6. The number of fused-ring (bicyclic) bond motifs is 1. The lowest BCUT2D eigenvalue weighted by molar-refractivity contribution is -0.143. The molecule has 34 heavy (non-hydrogen) atoms. The van der Waals surface area contributed by atoms with E-state index in [9.17, 15) is 19.2 Å². The molecular weight excluding hydrogens is 436 g/mol. The molecule has 1 aliphatic rings. The Hall–Kier alpha value is -3.49. The molecule has 1 heterocycles. The SMILES string of the molecule is CCOC(=O)CCCCC(=O)Nc1cc(-n2nc(C)c3c2CC(C)(C)CC3=O)ccc1C(N)=O. The lowest BCUT2D eigenvalue weighted by atomic mass is 9.75. The van der Waals surface area contributed by atoms with Gasteiger partial charge in [0, 0.05) is 19.3 Å². The molecule has 0 aliphatic heterocycles. The molecule has 9 nitrogen and oxygen atoms in total. The molecule has 9 heteroatoms. The highest BCUT2D eigenvalue weighted by molar-refractivity contribution is 6.03. The van der Waals surface area contributed by atoms with E-state index in [2.05, 4.69) is 10.4 Å². The average molecular weight is 469 g/mol. The van der Waals surface area contributed by atoms with Crippen molar-refractivity contribution in [3.8, 4) is 5.69 Å². The molecule has 1 aromatic carbocycles. The molecule has 182 valence electrons. The standard InChI is InChI=1S/C25H32N4O5/c1-5-34-22(32)9-7-6-8-21(31)27-18-12-16(10-11-17(18)24(26)33)29-19-13-25(3,4)14-20(30)23(19)15(2)28-29/h10-12H,5-9,13-14H2,1-4H3,(H2,26,33)(H,27,31). The van der Waals surface area contributed by atoms with E-state index in [1.807, 2.05) is 20.8 Å². The Morgan fingerprint density at radius 3 is 2.56 bits per heavy atom. The van der Waals surface area contributed by atoms with Crippen molar-refractivity contribution in [2.24, 2.45) is 11.1 Å². The molecule has 0 spiro atoms. The Kier molecular flexibility index (Phi) is 7.54. The molecular formula is C25H32N4O5. The Labute approximate surface area is 199 Å². The molecule has 0 radical (unpaired) electrons. The van der Waals surface area contributed by atoms with Gasteiger partial charge in [-0.05, 0) is 56.7 Å². The maximum Gasteiger partial charge on any atom is 0.305 e. The van der Waals surface area contributed by atoms with E-state index in [4.69, 9.17) is 10.5 Å². The van der Waals surface area contributed by atoms with Crippen molar-refractivity contribution in [1.29, 1.82) is 0 Å². The molecule has 1 aliphatic carbocycles. The number of benzene rings is 1. The first-order chi connectivity index (χ1) is 16.0. The molecule has 1 aromatic heterocycles. The van der Waals surface area contributed by atoms with Gasteiger partial charge in [-0.15, -0.1) is 0 Å². The van der Waals surface area contributed by atoms with Gasteiger partial charge in [-0.3, -0.25) is 19.2 Å². The second-order valence-electron chi connectivity index (χ2n) is 9.41. The number of amides is 2. The number of nitrogens with two attached hydrogens (primary N) is 1. The maximum atomic E-state index is 12.7. The highest BCUT2D eigenvalue weighted by Gasteiger charge is 2.35. The molecule has 3 N–H and O–H groups in total. The van der Waals surface area contributed by atoms with E-state index in [0.29, 0.717) is 49.2 Å². The van der Waals surface area contributed by atoms with Gasteiger partial charge in [-0.25, -0.2) is 4.68 Å². The van der Waals surface area contributed by atoms with Gasteiger partial charge in [-0.2, -0.15) is 5.10 Å². The first-order valence-electron chi connectivity index (χ1n) is 11.5. The smallest absolute Gasteiger partial charge is 0.305 e. The van der Waals surface area contributed by atoms with Crippen LogP contribution in [-0.2, 0) is 20.7 Å². The number of primary amides is 1. The number of aromatic nitrogens is 2. The Bertz CT molecular complexity index is 1130. The highest BCUT2D eigenvalue weighted by Crippen LogP contribution is 2.37. The molecule has 0 fully saturated rings. The zero-order valence-electron chi connectivity index (χ0n) is 20.2. The Morgan fingerprint density at radius 2 is 1.88 bits per heavy atom. The van der Waals surface area contributed by atoms with Gasteiger partial charge in [0.1, 0.15) is 0 Å². The van der Waals surface area contributed by atoms with Crippen LogP contribution in [0.4, 0.5) is 5.69 Å². The zero-order chi connectivity index (χ0) is 25.0. The number of nitrogens with zero attached hydrogens (tertiary/aromatic N) is 2.